The SMILES string of the molecule is CCNC(=NCc1ccc(C)cc1OCCCOC)NCCCN(C)C. The van der Waals surface area contributed by atoms with Crippen molar-refractivity contribution in [2.24, 2.45) is 4.99 Å². The molecule has 2 N–H and O–H groups in total. The van der Waals surface area contributed by atoms with Gasteiger partial charge in [0.15, 0.2) is 5.96 Å². The Morgan fingerprint density at radius 1 is 1.15 bits per heavy atom. The zero-order valence-electron chi connectivity index (χ0n) is 17.1. The van der Waals surface area contributed by atoms with Crippen molar-refractivity contribution in [3.63, 3.8) is 0 Å². The first kappa shape index (κ1) is 22.3. The minimum Gasteiger partial charge on any atom is -0.493 e. The molecule has 6 heteroatoms. The van der Waals surface area contributed by atoms with E-state index in [9.17, 15) is 0 Å². The van der Waals surface area contributed by atoms with Gasteiger partial charge in [-0.15, -0.1) is 0 Å². The van der Waals surface area contributed by atoms with Gasteiger partial charge in [-0.2, -0.15) is 0 Å². The van der Waals surface area contributed by atoms with Crippen LogP contribution in [0.3, 0.4) is 0 Å². The lowest BCUT2D eigenvalue weighted by Gasteiger charge is -2.14. The molecular formula is C20H36N4O2. The molecule has 0 saturated heterocycles. The maximum atomic E-state index is 5.94. The molecular weight excluding hydrogens is 328 g/mol. The third-order valence-corrected chi connectivity index (χ3v) is 3.80. The van der Waals surface area contributed by atoms with E-state index in [4.69, 9.17) is 14.5 Å². The summed E-state index contributed by atoms with van der Waals surface area (Å²) in [4.78, 5) is 6.90. The van der Waals surface area contributed by atoms with Gasteiger partial charge in [-0.1, -0.05) is 12.1 Å². The lowest BCUT2D eigenvalue weighted by molar-refractivity contribution is 0.172. The van der Waals surface area contributed by atoms with Crippen LogP contribution < -0.4 is 15.4 Å². The number of benzene rings is 1. The van der Waals surface area contributed by atoms with Crippen molar-refractivity contribution in [3.8, 4) is 5.75 Å². The third-order valence-electron chi connectivity index (χ3n) is 3.80. The Morgan fingerprint density at radius 3 is 2.65 bits per heavy atom. The number of aliphatic imine (C=N–C) groups is 1. The number of methoxy groups -OCH3 is 1. The quantitative estimate of drug-likeness (QED) is 0.339. The van der Waals surface area contributed by atoms with Crippen molar-refractivity contribution >= 4 is 5.96 Å². The van der Waals surface area contributed by atoms with Crippen LogP contribution in [0.4, 0.5) is 0 Å². The van der Waals surface area contributed by atoms with Gasteiger partial charge < -0.3 is 25.0 Å². The van der Waals surface area contributed by atoms with Crippen molar-refractivity contribution in [2.75, 3.05) is 54.1 Å². The van der Waals surface area contributed by atoms with Crippen molar-refractivity contribution in [1.82, 2.24) is 15.5 Å². The number of hydrogen-bond acceptors (Lipinski definition) is 4. The molecule has 26 heavy (non-hydrogen) atoms. The van der Waals surface area contributed by atoms with Gasteiger partial charge in [-0.25, -0.2) is 4.99 Å². The van der Waals surface area contributed by atoms with Crippen LogP contribution in [0, 0.1) is 6.92 Å². The average Bonchev–Trinajstić information content (AvgIpc) is 2.61. The summed E-state index contributed by atoms with van der Waals surface area (Å²) in [6, 6.07) is 6.28. The summed E-state index contributed by atoms with van der Waals surface area (Å²) in [5.74, 6) is 1.76. The van der Waals surface area contributed by atoms with Crippen molar-refractivity contribution in [1.29, 1.82) is 0 Å². The minimum absolute atomic E-state index is 0.586. The Labute approximate surface area is 159 Å². The van der Waals surface area contributed by atoms with Crippen molar-refractivity contribution in [3.05, 3.63) is 29.3 Å². The molecule has 0 bridgehead atoms. The highest BCUT2D eigenvalue weighted by Gasteiger charge is 2.05. The summed E-state index contributed by atoms with van der Waals surface area (Å²) in [5.41, 5.74) is 2.28. The van der Waals surface area contributed by atoms with Crippen LogP contribution in [0.2, 0.25) is 0 Å². The molecule has 1 aromatic carbocycles. The normalized spacial score (nSPS) is 11.7. The molecule has 0 fully saturated rings. The second kappa shape index (κ2) is 13.4. The zero-order valence-corrected chi connectivity index (χ0v) is 17.1. The van der Waals surface area contributed by atoms with E-state index in [0.717, 1.165) is 49.7 Å². The number of hydrogen-bond donors (Lipinski definition) is 2. The Bertz CT molecular complexity index is 533. The van der Waals surface area contributed by atoms with Gasteiger partial charge in [0.05, 0.1) is 13.2 Å². The Morgan fingerprint density at radius 2 is 1.96 bits per heavy atom. The fourth-order valence-corrected chi connectivity index (χ4v) is 2.42. The molecule has 148 valence electrons. The lowest BCUT2D eigenvalue weighted by Crippen LogP contribution is -2.38. The fraction of sp³-hybridized carbons (Fsp3) is 0.650. The highest BCUT2D eigenvalue weighted by atomic mass is 16.5. The predicted octanol–water partition coefficient (Wildman–Crippen LogP) is 2.42. The van der Waals surface area contributed by atoms with Crippen LogP contribution in [0.15, 0.2) is 23.2 Å². The molecule has 0 aliphatic rings. The van der Waals surface area contributed by atoms with Crippen LogP contribution in [-0.2, 0) is 11.3 Å². The molecule has 0 aromatic heterocycles. The average molecular weight is 365 g/mol. The van der Waals surface area contributed by atoms with Gasteiger partial charge in [0.25, 0.3) is 0 Å². The molecule has 0 aliphatic heterocycles. The van der Waals surface area contributed by atoms with Gasteiger partial charge in [0, 0.05) is 38.8 Å². The molecule has 0 amide bonds. The number of ether oxygens (including phenoxy) is 2. The van der Waals surface area contributed by atoms with E-state index in [2.05, 4.69) is 61.7 Å². The first-order valence-corrected chi connectivity index (χ1v) is 9.45. The smallest absolute Gasteiger partial charge is 0.191 e. The summed E-state index contributed by atoms with van der Waals surface area (Å²) >= 11 is 0. The largest absolute Gasteiger partial charge is 0.493 e. The summed E-state index contributed by atoms with van der Waals surface area (Å²) in [7, 11) is 5.89. The zero-order chi connectivity index (χ0) is 19.2. The number of nitrogens with zero attached hydrogens (tertiary/aromatic N) is 2. The van der Waals surface area contributed by atoms with E-state index in [0.29, 0.717) is 19.8 Å². The minimum atomic E-state index is 0.586. The van der Waals surface area contributed by atoms with E-state index in [1.807, 2.05) is 0 Å². The highest BCUT2D eigenvalue weighted by molar-refractivity contribution is 5.79. The van der Waals surface area contributed by atoms with Gasteiger partial charge in [0.1, 0.15) is 5.75 Å². The Kier molecular flexibility index (Phi) is 11.5. The molecule has 0 aliphatic carbocycles. The van der Waals surface area contributed by atoms with Gasteiger partial charge in [0.2, 0.25) is 0 Å². The molecule has 1 rings (SSSR count). The molecule has 0 unspecified atom stereocenters. The van der Waals surface area contributed by atoms with Gasteiger partial charge in [-0.3, -0.25) is 0 Å². The van der Waals surface area contributed by atoms with Crippen LogP contribution in [-0.4, -0.2) is 64.9 Å². The second-order valence-corrected chi connectivity index (χ2v) is 6.58. The molecule has 0 saturated carbocycles. The third kappa shape index (κ3) is 9.63. The van der Waals surface area contributed by atoms with E-state index in [-0.39, 0.29) is 0 Å². The lowest BCUT2D eigenvalue weighted by atomic mass is 10.1. The van der Waals surface area contributed by atoms with E-state index in [1.54, 1.807) is 7.11 Å². The molecule has 0 atom stereocenters. The predicted molar refractivity (Wildman–Crippen MR) is 109 cm³/mol. The van der Waals surface area contributed by atoms with E-state index < -0.39 is 0 Å². The van der Waals surface area contributed by atoms with Gasteiger partial charge >= 0.3 is 0 Å². The molecule has 6 nitrogen and oxygen atoms in total. The molecule has 0 radical (unpaired) electrons. The van der Waals surface area contributed by atoms with Gasteiger partial charge in [-0.05, 0) is 52.5 Å². The number of nitrogens with one attached hydrogen (secondary N) is 2. The van der Waals surface area contributed by atoms with E-state index >= 15 is 0 Å². The summed E-state index contributed by atoms with van der Waals surface area (Å²) in [5, 5.41) is 6.69. The first-order valence-electron chi connectivity index (χ1n) is 9.45. The molecule has 0 spiro atoms. The van der Waals surface area contributed by atoms with Crippen LogP contribution in [0.25, 0.3) is 0 Å². The maximum absolute atomic E-state index is 5.94. The second-order valence-electron chi connectivity index (χ2n) is 6.58. The molecule has 1 aromatic rings. The van der Waals surface area contributed by atoms with Crippen LogP contribution in [0.5, 0.6) is 5.75 Å². The highest BCUT2D eigenvalue weighted by Crippen LogP contribution is 2.21. The summed E-state index contributed by atoms with van der Waals surface area (Å²) in [6.45, 7) is 8.90. The van der Waals surface area contributed by atoms with Crippen molar-refractivity contribution < 1.29 is 9.47 Å². The fourth-order valence-electron chi connectivity index (χ4n) is 2.42. The number of aryl methyl sites for hydroxylation is 1. The number of guanidine groups is 1. The van der Waals surface area contributed by atoms with Crippen LogP contribution >= 0.6 is 0 Å². The topological polar surface area (TPSA) is 58.1 Å². The molecule has 0 heterocycles. The van der Waals surface area contributed by atoms with E-state index in [1.165, 1.54) is 5.56 Å². The maximum Gasteiger partial charge on any atom is 0.191 e. The first-order chi connectivity index (χ1) is 12.6. The number of rotatable bonds is 12. The summed E-state index contributed by atoms with van der Waals surface area (Å²) in [6.07, 6.45) is 1.96. The van der Waals surface area contributed by atoms with Crippen molar-refractivity contribution in [2.45, 2.75) is 33.2 Å². The Hall–Kier alpha value is -1.79. The Balaban J connectivity index is 2.65. The van der Waals surface area contributed by atoms with Crippen LogP contribution in [0.1, 0.15) is 30.9 Å². The monoisotopic (exact) mass is 364 g/mol. The standard InChI is InChI=1S/C20H36N4O2/c1-6-21-20(22-11-7-12-24(3)4)23-16-18-10-9-17(2)15-19(18)26-14-8-13-25-5/h9-10,15H,6-8,11-14,16H2,1-5H3,(H2,21,22,23). The summed E-state index contributed by atoms with van der Waals surface area (Å²) < 4.78 is 11.0.